The minimum Gasteiger partial charge on any atom is -0.365 e. The van der Waals surface area contributed by atoms with E-state index in [1.54, 1.807) is 0 Å². The number of primary amides is 1. The van der Waals surface area contributed by atoms with Crippen molar-refractivity contribution < 1.29 is 9.59 Å². The first-order chi connectivity index (χ1) is 12.4. The molecule has 0 fully saturated rings. The van der Waals surface area contributed by atoms with Gasteiger partial charge in [-0.05, 0) is 36.4 Å². The number of nitrogens with two attached hydrogens (primary N) is 1. The molecule has 0 aliphatic heterocycles. The van der Waals surface area contributed by atoms with Crippen molar-refractivity contribution in [3.8, 4) is 0 Å². The zero-order chi connectivity index (χ0) is 18.4. The smallest absolute Gasteiger partial charge is 0.251 e. The number of carbonyl (C=O) groups is 2. The van der Waals surface area contributed by atoms with Crippen LogP contribution >= 0.6 is 34.5 Å². The predicted molar refractivity (Wildman–Crippen MR) is 98.8 cm³/mol. The first kappa shape index (κ1) is 17.2. The molecule has 0 radical (unpaired) electrons. The molecule has 3 N–H and O–H groups in total. The molecule has 1 aliphatic carbocycles. The number of imidazole rings is 1. The fraction of sp³-hybridized carbons (Fsp3) is 0.267. The average molecular weight is 411 g/mol. The Morgan fingerprint density at radius 1 is 1.31 bits per heavy atom. The highest BCUT2D eigenvalue weighted by Gasteiger charge is 2.26. The molecular formula is C15H12Cl2N6O2S. The van der Waals surface area contributed by atoms with Crippen molar-refractivity contribution in [1.82, 2.24) is 19.5 Å². The summed E-state index contributed by atoms with van der Waals surface area (Å²) in [5.41, 5.74) is 7.59. The summed E-state index contributed by atoms with van der Waals surface area (Å²) in [4.78, 5) is 37.4. The van der Waals surface area contributed by atoms with Crippen LogP contribution in [0.25, 0.3) is 11.2 Å². The molecular weight excluding hydrogens is 399 g/mol. The summed E-state index contributed by atoms with van der Waals surface area (Å²) in [7, 11) is 0. The van der Waals surface area contributed by atoms with Gasteiger partial charge in [0.2, 0.25) is 11.2 Å². The topological polar surface area (TPSA) is 116 Å². The molecule has 0 unspecified atom stereocenters. The van der Waals surface area contributed by atoms with E-state index in [0.29, 0.717) is 21.7 Å². The summed E-state index contributed by atoms with van der Waals surface area (Å²) in [5.74, 6) is -0.864. The minimum absolute atomic E-state index is 0.0321. The van der Waals surface area contributed by atoms with Crippen molar-refractivity contribution in [2.75, 3.05) is 5.32 Å². The van der Waals surface area contributed by atoms with Gasteiger partial charge in [0.25, 0.3) is 5.91 Å². The van der Waals surface area contributed by atoms with Gasteiger partial charge in [0, 0.05) is 4.88 Å². The molecule has 134 valence electrons. The molecule has 0 bridgehead atoms. The summed E-state index contributed by atoms with van der Waals surface area (Å²) < 4.78 is 1.51. The Bertz CT molecular complexity index is 1060. The van der Waals surface area contributed by atoms with Gasteiger partial charge in [-0.3, -0.25) is 9.59 Å². The number of hydrogen-bond donors (Lipinski definition) is 2. The van der Waals surface area contributed by atoms with Crippen LogP contribution < -0.4 is 11.1 Å². The van der Waals surface area contributed by atoms with E-state index in [9.17, 15) is 9.59 Å². The SMILES string of the molecule is NC(=O)c1c(NC(=O)Cn2cnc3c(Cl)nc(Cl)nc32)sc2c1CCC2. The van der Waals surface area contributed by atoms with E-state index in [-0.39, 0.29) is 22.9 Å². The maximum absolute atomic E-state index is 12.5. The molecule has 0 aromatic carbocycles. The molecule has 1 aliphatic rings. The van der Waals surface area contributed by atoms with Crippen LogP contribution in [0, 0.1) is 0 Å². The lowest BCUT2D eigenvalue weighted by Gasteiger charge is -2.07. The van der Waals surface area contributed by atoms with E-state index in [4.69, 9.17) is 28.9 Å². The molecule has 4 rings (SSSR count). The van der Waals surface area contributed by atoms with Crippen LogP contribution in [0.2, 0.25) is 10.4 Å². The van der Waals surface area contributed by atoms with E-state index in [1.165, 1.54) is 22.2 Å². The van der Waals surface area contributed by atoms with Gasteiger partial charge in [0.1, 0.15) is 17.1 Å². The van der Waals surface area contributed by atoms with Crippen molar-refractivity contribution in [3.63, 3.8) is 0 Å². The maximum atomic E-state index is 12.5. The third-order valence-corrected chi connectivity index (χ3v) is 5.77. The Hall–Kier alpha value is -2.23. The monoisotopic (exact) mass is 410 g/mol. The van der Waals surface area contributed by atoms with Gasteiger partial charge in [-0.1, -0.05) is 11.6 Å². The molecule has 0 spiro atoms. The number of thiophene rings is 1. The summed E-state index contributed by atoms with van der Waals surface area (Å²) in [6.45, 7) is -0.0685. The van der Waals surface area contributed by atoms with E-state index in [1.807, 2.05) is 0 Å². The average Bonchev–Trinajstić information content (AvgIpc) is 3.22. The minimum atomic E-state index is -0.529. The second-order valence-electron chi connectivity index (χ2n) is 5.80. The molecule has 26 heavy (non-hydrogen) atoms. The quantitative estimate of drug-likeness (QED) is 0.505. The molecule has 11 heteroatoms. The molecule has 8 nitrogen and oxygen atoms in total. The maximum Gasteiger partial charge on any atom is 0.251 e. The predicted octanol–water partition coefficient (Wildman–Crippen LogP) is 2.42. The Balaban J connectivity index is 1.60. The molecule has 3 aromatic heterocycles. The van der Waals surface area contributed by atoms with E-state index in [2.05, 4.69) is 20.3 Å². The summed E-state index contributed by atoms with van der Waals surface area (Å²) >= 11 is 13.2. The lowest BCUT2D eigenvalue weighted by atomic mass is 10.1. The third-order valence-electron chi connectivity index (χ3n) is 4.13. The van der Waals surface area contributed by atoms with Gasteiger partial charge >= 0.3 is 0 Å². The van der Waals surface area contributed by atoms with E-state index >= 15 is 0 Å². The fourth-order valence-electron chi connectivity index (χ4n) is 3.07. The van der Waals surface area contributed by atoms with Gasteiger partial charge < -0.3 is 15.6 Å². The molecule has 3 aromatic rings. The highest BCUT2D eigenvalue weighted by atomic mass is 35.5. The number of nitrogens with zero attached hydrogens (tertiary/aromatic N) is 4. The highest BCUT2D eigenvalue weighted by Crippen LogP contribution is 2.38. The lowest BCUT2D eigenvalue weighted by molar-refractivity contribution is -0.116. The number of halogens is 2. The zero-order valence-corrected chi connectivity index (χ0v) is 15.6. The van der Waals surface area contributed by atoms with Crippen LogP contribution in [0.5, 0.6) is 0 Å². The number of rotatable bonds is 4. The zero-order valence-electron chi connectivity index (χ0n) is 13.3. The first-order valence-corrected chi connectivity index (χ1v) is 9.29. The van der Waals surface area contributed by atoms with E-state index in [0.717, 1.165) is 29.7 Å². The Kier molecular flexibility index (Phi) is 4.29. The fourth-order valence-corrected chi connectivity index (χ4v) is 4.81. The van der Waals surface area contributed by atoms with E-state index < -0.39 is 5.91 Å². The number of carbonyl (C=O) groups excluding carboxylic acids is 2. The highest BCUT2D eigenvalue weighted by molar-refractivity contribution is 7.17. The molecule has 2 amide bonds. The van der Waals surface area contributed by atoms with Crippen molar-refractivity contribution in [2.24, 2.45) is 5.73 Å². The van der Waals surface area contributed by atoms with Gasteiger partial charge in [-0.15, -0.1) is 11.3 Å². The van der Waals surface area contributed by atoms with Crippen LogP contribution in [-0.2, 0) is 24.2 Å². The van der Waals surface area contributed by atoms with Gasteiger partial charge in [-0.25, -0.2) is 9.97 Å². The van der Waals surface area contributed by atoms with Crippen molar-refractivity contribution in [2.45, 2.75) is 25.8 Å². The summed E-state index contributed by atoms with van der Waals surface area (Å²) in [5, 5.41) is 3.35. The Morgan fingerprint density at radius 2 is 2.12 bits per heavy atom. The van der Waals surface area contributed by atoms with Gasteiger partial charge in [0.05, 0.1) is 11.9 Å². The first-order valence-electron chi connectivity index (χ1n) is 7.72. The van der Waals surface area contributed by atoms with Crippen LogP contribution in [0.4, 0.5) is 5.00 Å². The van der Waals surface area contributed by atoms with Crippen molar-refractivity contribution in [3.05, 3.63) is 32.8 Å². The number of aryl methyl sites for hydroxylation is 1. The Labute approximate surface area is 161 Å². The largest absolute Gasteiger partial charge is 0.365 e. The van der Waals surface area contributed by atoms with Crippen LogP contribution in [0.1, 0.15) is 27.2 Å². The Morgan fingerprint density at radius 3 is 2.88 bits per heavy atom. The second kappa shape index (κ2) is 6.49. The second-order valence-corrected chi connectivity index (χ2v) is 7.60. The molecule has 0 saturated heterocycles. The van der Waals surface area contributed by atoms with Crippen molar-refractivity contribution in [1.29, 1.82) is 0 Å². The molecule has 0 atom stereocenters. The van der Waals surface area contributed by atoms with Crippen LogP contribution in [-0.4, -0.2) is 31.3 Å². The normalized spacial score (nSPS) is 13.2. The summed E-state index contributed by atoms with van der Waals surface area (Å²) in [6, 6.07) is 0. The number of anilines is 1. The third kappa shape index (κ3) is 2.91. The molecule has 3 heterocycles. The van der Waals surface area contributed by atoms with Crippen LogP contribution in [0.15, 0.2) is 6.33 Å². The lowest BCUT2D eigenvalue weighted by Crippen LogP contribution is -2.21. The number of fused-ring (bicyclic) bond motifs is 2. The van der Waals surface area contributed by atoms with Gasteiger partial charge in [0.15, 0.2) is 10.8 Å². The van der Waals surface area contributed by atoms with Gasteiger partial charge in [-0.2, -0.15) is 4.98 Å². The standard InChI is InChI=1S/C15H12Cl2N6O2S/c16-11-10-13(22-15(17)21-11)23(5-19-10)4-8(24)20-14-9(12(18)25)6-2-1-3-7(6)26-14/h5H,1-4H2,(H2,18,25)(H,20,24). The number of amides is 2. The van der Waals surface area contributed by atoms with Crippen molar-refractivity contribution >= 4 is 62.5 Å². The summed E-state index contributed by atoms with van der Waals surface area (Å²) in [6.07, 6.45) is 4.14. The number of aromatic nitrogens is 4. The number of nitrogens with one attached hydrogen (secondary N) is 1. The van der Waals surface area contributed by atoms with Crippen LogP contribution in [0.3, 0.4) is 0 Å². The number of hydrogen-bond acceptors (Lipinski definition) is 6. The molecule has 0 saturated carbocycles.